The van der Waals surface area contributed by atoms with Crippen LogP contribution in [0.3, 0.4) is 0 Å². The standard InChI is InChI=1S/3C19H21NO4.CH3FS/c3*1-3-7-13-8-6-11-19(13,18(23)24-2)12-20-16(21)14-9-4-5-10-15(14)17(20)22;1-3-2/h3*3-5,9-10,13H,1,6-8,11-12H2,2H3;1H3/t3*13-,19-;/m111./s1. The number of esters is 3. The van der Waals surface area contributed by atoms with Gasteiger partial charge < -0.3 is 14.2 Å². The van der Waals surface area contributed by atoms with Crippen LogP contribution in [-0.2, 0) is 28.6 Å². The number of rotatable bonds is 15. The number of hydrogen-bond donors (Lipinski definition) is 0. The molecule has 398 valence electrons. The maximum absolute atomic E-state index is 12.6. The normalized spacial score (nSPS) is 24.9. The monoisotopic (exact) mass is 1050 g/mol. The second kappa shape index (κ2) is 25.0. The predicted molar refractivity (Wildman–Crippen MR) is 280 cm³/mol. The summed E-state index contributed by atoms with van der Waals surface area (Å²) in [5.74, 6) is -2.91. The number of benzene rings is 3. The summed E-state index contributed by atoms with van der Waals surface area (Å²) in [6.45, 7) is 11.5. The summed E-state index contributed by atoms with van der Waals surface area (Å²) < 4.78 is 25.4. The van der Waals surface area contributed by atoms with Crippen LogP contribution in [0.2, 0.25) is 0 Å². The molecule has 3 fully saturated rings. The molecule has 6 amide bonds. The number of fused-ring (bicyclic) bond motifs is 3. The summed E-state index contributed by atoms with van der Waals surface area (Å²) in [5, 5.41) is 0. The highest BCUT2D eigenvalue weighted by Gasteiger charge is 2.56. The summed E-state index contributed by atoms with van der Waals surface area (Å²) >= 11 is 0.250. The Labute approximate surface area is 442 Å². The second-order valence-electron chi connectivity index (χ2n) is 19.7. The molecule has 3 heterocycles. The molecule has 9 rings (SSSR count). The highest BCUT2D eigenvalue weighted by atomic mass is 32.2. The first-order valence-electron chi connectivity index (χ1n) is 25.1. The van der Waals surface area contributed by atoms with E-state index in [0.717, 1.165) is 38.5 Å². The molecule has 6 atom stereocenters. The van der Waals surface area contributed by atoms with Gasteiger partial charge >= 0.3 is 17.9 Å². The lowest BCUT2D eigenvalue weighted by Crippen LogP contribution is -2.48. The Morgan fingerprint density at radius 3 is 0.867 bits per heavy atom. The highest BCUT2D eigenvalue weighted by molar-refractivity contribution is 7.93. The van der Waals surface area contributed by atoms with Crippen LogP contribution in [0.25, 0.3) is 0 Å². The van der Waals surface area contributed by atoms with Crippen molar-refractivity contribution in [1.29, 1.82) is 0 Å². The number of halogens is 1. The number of imide groups is 3. The largest absolute Gasteiger partial charge is 0.469 e. The van der Waals surface area contributed by atoms with E-state index in [-0.39, 0.29) is 103 Å². The van der Waals surface area contributed by atoms with Crippen molar-refractivity contribution in [2.45, 2.75) is 77.0 Å². The van der Waals surface area contributed by atoms with E-state index >= 15 is 0 Å². The molecule has 17 heteroatoms. The Balaban J connectivity index is 0.000000178. The van der Waals surface area contributed by atoms with Crippen molar-refractivity contribution in [3.63, 3.8) is 0 Å². The minimum atomic E-state index is -0.837. The number of amides is 6. The van der Waals surface area contributed by atoms with Gasteiger partial charge in [-0.15, -0.1) is 19.7 Å². The Kier molecular flexibility index (Phi) is 19.1. The van der Waals surface area contributed by atoms with E-state index in [2.05, 4.69) is 19.7 Å². The van der Waals surface area contributed by atoms with Gasteiger partial charge in [-0.1, -0.05) is 73.9 Å². The Morgan fingerprint density at radius 2 is 0.693 bits per heavy atom. The molecule has 0 aromatic heterocycles. The third kappa shape index (κ3) is 10.9. The lowest BCUT2D eigenvalue weighted by molar-refractivity contribution is -0.156. The Hall–Kier alpha value is -7.01. The molecule has 3 aromatic rings. The van der Waals surface area contributed by atoms with Crippen molar-refractivity contribution < 1.29 is 61.2 Å². The van der Waals surface area contributed by atoms with Crippen molar-refractivity contribution in [1.82, 2.24) is 14.7 Å². The van der Waals surface area contributed by atoms with Gasteiger partial charge in [0.15, 0.2) is 0 Å². The number of carbonyl (C=O) groups is 9. The topological polar surface area (TPSA) is 191 Å². The second-order valence-corrected chi connectivity index (χ2v) is 20.0. The van der Waals surface area contributed by atoms with E-state index < -0.39 is 16.2 Å². The number of nitrogens with zero attached hydrogens (tertiary/aromatic N) is 3. The van der Waals surface area contributed by atoms with Crippen molar-refractivity contribution >= 4 is 65.5 Å². The molecule has 15 nitrogen and oxygen atoms in total. The van der Waals surface area contributed by atoms with Crippen LogP contribution in [0.5, 0.6) is 0 Å². The van der Waals surface area contributed by atoms with E-state index in [1.165, 1.54) is 42.3 Å². The molecule has 0 bridgehead atoms. The van der Waals surface area contributed by atoms with Gasteiger partial charge in [0.05, 0.1) is 71.0 Å². The van der Waals surface area contributed by atoms with Gasteiger partial charge in [-0.05, 0) is 112 Å². The molecule has 3 saturated carbocycles. The summed E-state index contributed by atoms with van der Waals surface area (Å²) in [5.41, 5.74) is -0.0900. The van der Waals surface area contributed by atoms with E-state index in [4.69, 9.17) is 14.2 Å². The fourth-order valence-corrected chi connectivity index (χ4v) is 12.3. The summed E-state index contributed by atoms with van der Waals surface area (Å²) in [6.07, 6.45) is 15.8. The molecule has 3 aromatic carbocycles. The molecular formula is C58H66FN3O12S. The SMILES string of the molecule is C=CC[C@@H]1CCC[C@]1(CN1C(=O)c2ccccc2C1=O)C(=O)OC.C=CC[C@@H]1CCC[C@]1(CN1C(=O)c2ccccc2C1=O)C(=O)OC.C=CC[C@@H]1CCC[C@]1(CN1C(=O)c2ccccc2C1=O)C(=O)OC.CSF. The average Bonchev–Trinajstić information content (AvgIpc) is 4.27. The molecule has 0 saturated heterocycles. The first-order chi connectivity index (χ1) is 36.1. The van der Waals surface area contributed by atoms with Gasteiger partial charge in [-0.3, -0.25) is 57.9 Å². The van der Waals surface area contributed by atoms with Gasteiger partial charge in [0.1, 0.15) is 0 Å². The van der Waals surface area contributed by atoms with Crippen molar-refractivity contribution in [2.24, 2.45) is 34.0 Å². The van der Waals surface area contributed by atoms with Crippen LogP contribution in [0.15, 0.2) is 111 Å². The maximum atomic E-state index is 12.6. The molecule has 0 radical (unpaired) electrons. The number of ether oxygens (including phenoxy) is 3. The van der Waals surface area contributed by atoms with Crippen LogP contribution in [0.1, 0.15) is 139 Å². The summed E-state index contributed by atoms with van der Waals surface area (Å²) in [4.78, 5) is 117. The lowest BCUT2D eigenvalue weighted by Gasteiger charge is -2.35. The lowest BCUT2D eigenvalue weighted by atomic mass is 9.75. The Bertz CT molecular complexity index is 2350. The van der Waals surface area contributed by atoms with Crippen LogP contribution >= 0.6 is 12.1 Å². The third-order valence-corrected chi connectivity index (χ3v) is 16.0. The number of hydrogen-bond acceptors (Lipinski definition) is 13. The first kappa shape index (κ1) is 57.3. The molecule has 75 heavy (non-hydrogen) atoms. The van der Waals surface area contributed by atoms with Crippen molar-refractivity contribution in [3.05, 3.63) is 144 Å². The fourth-order valence-electron chi connectivity index (χ4n) is 12.3. The van der Waals surface area contributed by atoms with Gasteiger partial charge in [0.25, 0.3) is 35.4 Å². The van der Waals surface area contributed by atoms with Crippen LogP contribution in [0, 0.1) is 34.0 Å². The average molecular weight is 1050 g/mol. The Morgan fingerprint density at radius 1 is 0.493 bits per heavy atom. The highest BCUT2D eigenvalue weighted by Crippen LogP contribution is 2.50. The molecule has 0 N–H and O–H groups in total. The zero-order chi connectivity index (χ0) is 54.7. The fraction of sp³-hybridized carbons (Fsp3) is 0.431. The predicted octanol–water partition coefficient (Wildman–Crippen LogP) is 9.69. The summed E-state index contributed by atoms with van der Waals surface area (Å²) in [6, 6.07) is 20.3. The van der Waals surface area contributed by atoms with Gasteiger partial charge in [0.2, 0.25) is 0 Å². The number of carbonyl (C=O) groups excluding carboxylic acids is 9. The van der Waals surface area contributed by atoms with Gasteiger partial charge in [-0.2, -0.15) is 3.89 Å². The van der Waals surface area contributed by atoms with E-state index in [1.54, 1.807) is 91.0 Å². The molecule has 6 aliphatic rings. The molecule has 0 spiro atoms. The smallest absolute Gasteiger partial charge is 0.313 e. The van der Waals surface area contributed by atoms with Crippen molar-refractivity contribution in [2.75, 3.05) is 47.2 Å². The van der Waals surface area contributed by atoms with E-state index in [0.29, 0.717) is 71.9 Å². The van der Waals surface area contributed by atoms with Gasteiger partial charge in [-0.25, -0.2) is 0 Å². The molecule has 0 unspecified atom stereocenters. The molecule has 3 aliphatic heterocycles. The third-order valence-electron chi connectivity index (χ3n) is 16.0. The van der Waals surface area contributed by atoms with Crippen LogP contribution in [0.4, 0.5) is 3.89 Å². The van der Waals surface area contributed by atoms with Crippen LogP contribution < -0.4 is 0 Å². The minimum absolute atomic E-state index is 0.0340. The number of allylic oxidation sites excluding steroid dienone is 3. The van der Waals surface area contributed by atoms with E-state index in [1.807, 2.05) is 0 Å². The zero-order valence-corrected chi connectivity index (χ0v) is 44.0. The minimum Gasteiger partial charge on any atom is -0.469 e. The van der Waals surface area contributed by atoms with Crippen LogP contribution in [-0.4, -0.2) is 115 Å². The molecule has 3 aliphatic carbocycles. The number of methoxy groups -OCH3 is 3. The van der Waals surface area contributed by atoms with Crippen molar-refractivity contribution in [3.8, 4) is 0 Å². The summed E-state index contributed by atoms with van der Waals surface area (Å²) in [7, 11) is 4.07. The van der Waals surface area contributed by atoms with Gasteiger partial charge in [0, 0.05) is 38.0 Å². The molecular weight excluding hydrogens is 982 g/mol. The first-order valence-corrected chi connectivity index (χ1v) is 26.3. The maximum Gasteiger partial charge on any atom is 0.313 e. The quantitative estimate of drug-likeness (QED) is 0.0606. The zero-order valence-electron chi connectivity index (χ0n) is 43.1. The van der Waals surface area contributed by atoms with E-state index in [9.17, 15) is 47.0 Å².